The quantitative estimate of drug-likeness (QED) is 0.633. The normalized spacial score (nSPS) is 10.9. The van der Waals surface area contributed by atoms with Crippen LogP contribution in [0.3, 0.4) is 0 Å². The highest BCUT2D eigenvalue weighted by Crippen LogP contribution is 2.25. The third-order valence-electron chi connectivity index (χ3n) is 3.22. The van der Waals surface area contributed by atoms with E-state index in [2.05, 4.69) is 38.2 Å². The molecule has 1 rings (SSSR count). The number of aryl methyl sites for hydroxylation is 2. The minimum Gasteiger partial charge on any atom is -0.493 e. The zero-order valence-electron chi connectivity index (χ0n) is 13.8. The van der Waals surface area contributed by atoms with Crippen LogP contribution in [0.4, 0.5) is 0 Å². The lowest BCUT2D eigenvalue weighted by atomic mass is 10.1. The van der Waals surface area contributed by atoms with Crippen LogP contribution < -0.4 is 10.1 Å². The molecule has 0 saturated heterocycles. The van der Waals surface area contributed by atoms with Crippen molar-refractivity contribution in [2.75, 3.05) is 38.4 Å². The predicted molar refractivity (Wildman–Crippen MR) is 92.6 cm³/mol. The zero-order valence-corrected chi connectivity index (χ0v) is 14.6. The van der Waals surface area contributed by atoms with Crippen molar-refractivity contribution in [1.82, 2.24) is 5.32 Å². The van der Waals surface area contributed by atoms with E-state index in [9.17, 15) is 0 Å². The molecule has 0 spiro atoms. The van der Waals surface area contributed by atoms with E-state index in [-0.39, 0.29) is 0 Å². The molecule has 4 heteroatoms. The number of thioether (sulfide) groups is 1. The Bertz CT molecular complexity index is 387. The van der Waals surface area contributed by atoms with Gasteiger partial charge in [0.1, 0.15) is 5.75 Å². The van der Waals surface area contributed by atoms with Gasteiger partial charge < -0.3 is 14.8 Å². The first-order valence-corrected chi connectivity index (χ1v) is 8.84. The molecule has 0 aliphatic heterocycles. The summed E-state index contributed by atoms with van der Waals surface area (Å²) in [4.78, 5) is 0. The molecule has 1 aromatic carbocycles. The molecule has 0 aliphatic rings. The van der Waals surface area contributed by atoms with Crippen molar-refractivity contribution in [1.29, 1.82) is 0 Å². The fourth-order valence-electron chi connectivity index (χ4n) is 2.26. The number of ether oxygens (including phenoxy) is 2. The summed E-state index contributed by atoms with van der Waals surface area (Å²) in [5.74, 6) is 3.41. The molecule has 1 N–H and O–H groups in total. The molecule has 0 heterocycles. The van der Waals surface area contributed by atoms with Crippen LogP contribution in [0.5, 0.6) is 5.75 Å². The van der Waals surface area contributed by atoms with Gasteiger partial charge in [-0.2, -0.15) is 11.8 Å². The van der Waals surface area contributed by atoms with E-state index in [1.165, 1.54) is 28.2 Å². The Morgan fingerprint density at radius 3 is 2.48 bits per heavy atom. The number of hydrogen-bond acceptors (Lipinski definition) is 4. The van der Waals surface area contributed by atoms with Crippen molar-refractivity contribution in [2.45, 2.75) is 33.7 Å². The van der Waals surface area contributed by atoms with Crippen LogP contribution in [0.2, 0.25) is 0 Å². The second-order valence-electron chi connectivity index (χ2n) is 5.13. The van der Waals surface area contributed by atoms with Crippen molar-refractivity contribution in [3.05, 3.63) is 28.8 Å². The minimum atomic E-state index is 0.745. The van der Waals surface area contributed by atoms with Gasteiger partial charge in [0.25, 0.3) is 0 Å². The molecule has 0 saturated carbocycles. The molecule has 0 radical (unpaired) electrons. The second-order valence-corrected chi connectivity index (χ2v) is 6.52. The Labute approximate surface area is 133 Å². The average molecular weight is 311 g/mol. The molecule has 0 aliphatic carbocycles. The highest BCUT2D eigenvalue weighted by atomic mass is 32.2. The molecule has 0 atom stereocenters. The van der Waals surface area contributed by atoms with E-state index >= 15 is 0 Å². The Balaban J connectivity index is 2.46. The number of nitrogens with one attached hydrogen (secondary N) is 1. The summed E-state index contributed by atoms with van der Waals surface area (Å²) in [6.07, 6.45) is 1.11. The molecule has 21 heavy (non-hydrogen) atoms. The van der Waals surface area contributed by atoms with Crippen LogP contribution in [0, 0.1) is 13.8 Å². The van der Waals surface area contributed by atoms with Gasteiger partial charge in [-0.15, -0.1) is 0 Å². The topological polar surface area (TPSA) is 30.5 Å². The summed E-state index contributed by atoms with van der Waals surface area (Å²) in [7, 11) is 1.72. The maximum atomic E-state index is 5.96. The Morgan fingerprint density at radius 2 is 1.86 bits per heavy atom. The van der Waals surface area contributed by atoms with Gasteiger partial charge in [0.2, 0.25) is 0 Å². The number of hydrogen-bond donors (Lipinski definition) is 1. The lowest BCUT2D eigenvalue weighted by Crippen LogP contribution is -2.18. The highest BCUT2D eigenvalue weighted by molar-refractivity contribution is 7.99. The van der Waals surface area contributed by atoms with Gasteiger partial charge in [0.05, 0.1) is 13.2 Å². The van der Waals surface area contributed by atoms with Crippen LogP contribution in [-0.4, -0.2) is 38.4 Å². The first-order chi connectivity index (χ1) is 10.2. The monoisotopic (exact) mass is 311 g/mol. The average Bonchev–Trinajstić information content (AvgIpc) is 2.46. The highest BCUT2D eigenvalue weighted by Gasteiger charge is 2.06. The van der Waals surface area contributed by atoms with Crippen molar-refractivity contribution >= 4 is 11.8 Å². The minimum absolute atomic E-state index is 0.745. The molecule has 0 fully saturated rings. The van der Waals surface area contributed by atoms with Crippen molar-refractivity contribution in [2.24, 2.45) is 0 Å². The van der Waals surface area contributed by atoms with Crippen molar-refractivity contribution in [3.63, 3.8) is 0 Å². The van der Waals surface area contributed by atoms with Gasteiger partial charge in [-0.25, -0.2) is 0 Å². The molecule has 0 aromatic heterocycles. The second kappa shape index (κ2) is 10.9. The van der Waals surface area contributed by atoms with E-state index in [4.69, 9.17) is 9.47 Å². The lowest BCUT2D eigenvalue weighted by molar-refractivity contribution is 0.199. The SMILES string of the molecule is CCSCCCOc1c(C)cc(CNCCOC)cc1C. The van der Waals surface area contributed by atoms with Crippen molar-refractivity contribution in [3.8, 4) is 5.75 Å². The van der Waals surface area contributed by atoms with Crippen LogP contribution in [-0.2, 0) is 11.3 Å². The summed E-state index contributed by atoms with van der Waals surface area (Å²) in [5, 5.41) is 3.37. The zero-order chi connectivity index (χ0) is 15.5. The molecule has 0 amide bonds. The van der Waals surface area contributed by atoms with E-state index in [1.54, 1.807) is 7.11 Å². The largest absolute Gasteiger partial charge is 0.493 e. The van der Waals surface area contributed by atoms with E-state index < -0.39 is 0 Å². The van der Waals surface area contributed by atoms with Gasteiger partial charge in [0, 0.05) is 20.2 Å². The molecule has 1 aromatic rings. The standard InChI is InChI=1S/C17H29NO2S/c1-5-21-10-6-8-20-17-14(2)11-16(12-15(17)3)13-18-7-9-19-4/h11-12,18H,5-10,13H2,1-4H3. The number of benzene rings is 1. The van der Waals surface area contributed by atoms with Gasteiger partial charge in [-0.1, -0.05) is 19.1 Å². The van der Waals surface area contributed by atoms with E-state index in [0.29, 0.717) is 0 Å². The Hall–Kier alpha value is -0.710. The molecule has 120 valence electrons. The fraction of sp³-hybridized carbons (Fsp3) is 0.647. The molecule has 3 nitrogen and oxygen atoms in total. The van der Waals surface area contributed by atoms with Crippen molar-refractivity contribution < 1.29 is 9.47 Å². The third-order valence-corrected chi connectivity index (χ3v) is 4.20. The lowest BCUT2D eigenvalue weighted by Gasteiger charge is -2.14. The van der Waals surface area contributed by atoms with Crippen LogP contribution in [0.1, 0.15) is 30.0 Å². The van der Waals surface area contributed by atoms with Gasteiger partial charge in [-0.05, 0) is 48.5 Å². The van der Waals surface area contributed by atoms with Gasteiger partial charge in [-0.3, -0.25) is 0 Å². The third kappa shape index (κ3) is 7.21. The number of rotatable bonds is 11. The summed E-state index contributed by atoms with van der Waals surface area (Å²) in [5.41, 5.74) is 3.75. The maximum Gasteiger partial charge on any atom is 0.125 e. The maximum absolute atomic E-state index is 5.96. The van der Waals surface area contributed by atoms with E-state index in [0.717, 1.165) is 38.5 Å². The van der Waals surface area contributed by atoms with Gasteiger partial charge in [0.15, 0.2) is 0 Å². The first-order valence-electron chi connectivity index (χ1n) is 7.69. The fourth-order valence-corrected chi connectivity index (χ4v) is 2.87. The summed E-state index contributed by atoms with van der Waals surface area (Å²) >= 11 is 1.97. The smallest absolute Gasteiger partial charge is 0.125 e. The molecule has 0 bridgehead atoms. The van der Waals surface area contributed by atoms with Crippen LogP contribution in [0.25, 0.3) is 0 Å². The Morgan fingerprint density at radius 1 is 1.14 bits per heavy atom. The molecular formula is C17H29NO2S. The summed E-state index contributed by atoms with van der Waals surface area (Å²) in [6.45, 7) is 9.75. The first kappa shape index (κ1) is 18.3. The van der Waals surface area contributed by atoms with Gasteiger partial charge >= 0.3 is 0 Å². The summed E-state index contributed by atoms with van der Waals surface area (Å²) in [6, 6.07) is 4.42. The predicted octanol–water partition coefficient (Wildman–Crippen LogP) is 3.56. The van der Waals surface area contributed by atoms with E-state index in [1.807, 2.05) is 11.8 Å². The molecule has 0 unspecified atom stereocenters. The molecular weight excluding hydrogens is 282 g/mol. The summed E-state index contributed by atoms with van der Waals surface area (Å²) < 4.78 is 11.0. The number of methoxy groups -OCH3 is 1. The van der Waals surface area contributed by atoms with Crippen LogP contribution in [0.15, 0.2) is 12.1 Å². The Kier molecular flexibility index (Phi) is 9.55. The van der Waals surface area contributed by atoms with Crippen LogP contribution >= 0.6 is 11.8 Å².